The molecular formula is C12H20S3Si. The molecule has 0 bridgehead atoms. The first-order valence-electron chi connectivity index (χ1n) is 5.53. The Labute approximate surface area is 116 Å². The summed E-state index contributed by atoms with van der Waals surface area (Å²) in [6, 6.07) is 10.7. The average Bonchev–Trinajstić information content (AvgIpc) is 2.18. The van der Waals surface area contributed by atoms with E-state index in [1.807, 2.05) is 0 Å². The van der Waals surface area contributed by atoms with E-state index < -0.39 is 8.07 Å². The molecule has 3 unspecified atom stereocenters. The highest BCUT2D eigenvalue weighted by Gasteiger charge is 2.46. The third kappa shape index (κ3) is 2.50. The first kappa shape index (κ1) is 14.5. The van der Waals surface area contributed by atoms with E-state index in [-0.39, 0.29) is 0 Å². The summed E-state index contributed by atoms with van der Waals surface area (Å²) in [6.45, 7) is 6.55. The molecular weight excluding hydrogens is 268 g/mol. The molecule has 0 radical (unpaired) electrons. The van der Waals surface area contributed by atoms with E-state index in [4.69, 9.17) is 37.9 Å². The van der Waals surface area contributed by atoms with Gasteiger partial charge in [0.25, 0.3) is 0 Å². The number of benzene rings is 1. The van der Waals surface area contributed by atoms with Gasteiger partial charge < -0.3 is 0 Å². The molecule has 16 heavy (non-hydrogen) atoms. The van der Waals surface area contributed by atoms with Gasteiger partial charge in [0.05, 0.1) is 0 Å². The van der Waals surface area contributed by atoms with Crippen molar-refractivity contribution in [2.45, 2.75) is 35.4 Å². The van der Waals surface area contributed by atoms with Crippen LogP contribution >= 0.6 is 37.9 Å². The molecule has 0 aliphatic carbocycles. The second-order valence-corrected chi connectivity index (χ2v) is 13.1. The van der Waals surface area contributed by atoms with Crippen molar-refractivity contribution >= 4 is 51.1 Å². The fourth-order valence-electron chi connectivity index (χ4n) is 2.50. The Bertz CT molecular complexity index is 301. The van der Waals surface area contributed by atoms with Gasteiger partial charge in [0, 0.05) is 14.6 Å². The Hall–Kier alpha value is 0.487. The first-order chi connectivity index (χ1) is 7.44. The first-order valence-corrected chi connectivity index (χ1v) is 9.31. The highest BCUT2D eigenvalue weighted by molar-refractivity contribution is 7.89. The van der Waals surface area contributed by atoms with E-state index in [2.05, 4.69) is 51.1 Å². The smallest absolute Gasteiger partial charge is 0.123 e. The molecule has 90 valence electrons. The molecule has 0 aliphatic heterocycles. The van der Waals surface area contributed by atoms with Gasteiger partial charge in [-0.3, -0.25) is 0 Å². The van der Waals surface area contributed by atoms with Crippen LogP contribution in [0.5, 0.6) is 0 Å². The minimum absolute atomic E-state index is 0.342. The van der Waals surface area contributed by atoms with Crippen molar-refractivity contribution in [1.29, 1.82) is 0 Å². The molecule has 1 aromatic carbocycles. The number of rotatable bonds is 4. The van der Waals surface area contributed by atoms with Crippen LogP contribution < -0.4 is 5.19 Å². The zero-order chi connectivity index (χ0) is 12.3. The van der Waals surface area contributed by atoms with Gasteiger partial charge in [-0.15, -0.1) is 0 Å². The monoisotopic (exact) mass is 288 g/mol. The van der Waals surface area contributed by atoms with Crippen LogP contribution in [0.2, 0.25) is 0 Å². The van der Waals surface area contributed by atoms with Crippen molar-refractivity contribution in [3.8, 4) is 0 Å². The Morgan fingerprint density at radius 1 is 0.812 bits per heavy atom. The number of hydrogen-bond donors (Lipinski definition) is 3. The molecule has 1 aromatic rings. The highest BCUT2D eigenvalue weighted by Crippen LogP contribution is 2.28. The molecule has 0 amide bonds. The van der Waals surface area contributed by atoms with E-state index >= 15 is 0 Å². The van der Waals surface area contributed by atoms with Gasteiger partial charge >= 0.3 is 0 Å². The van der Waals surface area contributed by atoms with Gasteiger partial charge in [0.15, 0.2) is 0 Å². The summed E-state index contributed by atoms with van der Waals surface area (Å²) in [5, 5.41) is 1.41. The largest absolute Gasteiger partial charge is 0.179 e. The maximum atomic E-state index is 4.73. The Morgan fingerprint density at radius 2 is 1.19 bits per heavy atom. The van der Waals surface area contributed by atoms with Crippen LogP contribution in [0.25, 0.3) is 0 Å². The summed E-state index contributed by atoms with van der Waals surface area (Å²) in [7, 11) is -1.81. The quantitative estimate of drug-likeness (QED) is 0.551. The summed E-state index contributed by atoms with van der Waals surface area (Å²) in [5.41, 5.74) is 0. The molecule has 3 atom stereocenters. The van der Waals surface area contributed by atoms with Crippen LogP contribution in [0.15, 0.2) is 30.3 Å². The lowest BCUT2D eigenvalue weighted by molar-refractivity contribution is 1.13. The van der Waals surface area contributed by atoms with Crippen LogP contribution in [0.3, 0.4) is 0 Å². The molecule has 1 rings (SSSR count). The van der Waals surface area contributed by atoms with Crippen molar-refractivity contribution in [1.82, 2.24) is 0 Å². The van der Waals surface area contributed by atoms with Crippen molar-refractivity contribution < 1.29 is 0 Å². The molecule has 4 heteroatoms. The topological polar surface area (TPSA) is 0 Å². The lowest BCUT2D eigenvalue weighted by Crippen LogP contribution is -2.67. The summed E-state index contributed by atoms with van der Waals surface area (Å²) in [5.74, 6) is 0. The van der Waals surface area contributed by atoms with Gasteiger partial charge in [0.2, 0.25) is 0 Å². The second kappa shape index (κ2) is 5.89. The standard InChI is InChI=1S/C12H20S3Si/c1-9(13)16(10(2)14,11(3)15)12-7-5-4-6-8-12/h4-11,13-15H,1-3H3. The molecule has 0 aliphatic rings. The second-order valence-electron chi connectivity index (χ2n) is 4.33. The van der Waals surface area contributed by atoms with E-state index in [1.165, 1.54) is 5.19 Å². The van der Waals surface area contributed by atoms with Crippen LogP contribution in [-0.4, -0.2) is 22.7 Å². The van der Waals surface area contributed by atoms with Gasteiger partial charge in [-0.1, -0.05) is 56.3 Å². The van der Waals surface area contributed by atoms with Crippen molar-refractivity contribution in [2.75, 3.05) is 0 Å². The van der Waals surface area contributed by atoms with Crippen LogP contribution in [0.4, 0.5) is 0 Å². The van der Waals surface area contributed by atoms with E-state index in [0.29, 0.717) is 14.6 Å². The molecule has 0 nitrogen and oxygen atoms in total. The van der Waals surface area contributed by atoms with Gasteiger partial charge in [-0.2, -0.15) is 37.9 Å². The zero-order valence-electron chi connectivity index (χ0n) is 9.96. The number of hydrogen-bond acceptors (Lipinski definition) is 3. The molecule has 0 spiro atoms. The van der Waals surface area contributed by atoms with Gasteiger partial charge in [-0.05, 0) is 0 Å². The van der Waals surface area contributed by atoms with E-state index in [1.54, 1.807) is 0 Å². The van der Waals surface area contributed by atoms with Gasteiger partial charge in [-0.25, -0.2) is 0 Å². The maximum absolute atomic E-state index is 4.73. The SMILES string of the molecule is CC(S)[Si](c1ccccc1)(C(C)S)C(C)S. The third-order valence-electron chi connectivity index (χ3n) is 3.35. The lowest BCUT2D eigenvalue weighted by Gasteiger charge is -2.41. The summed E-state index contributed by atoms with van der Waals surface area (Å²) >= 11 is 14.2. The fourth-order valence-corrected chi connectivity index (χ4v) is 13.2. The van der Waals surface area contributed by atoms with Crippen molar-refractivity contribution in [3.05, 3.63) is 30.3 Å². The fraction of sp³-hybridized carbons (Fsp3) is 0.500. The van der Waals surface area contributed by atoms with Crippen LogP contribution in [-0.2, 0) is 0 Å². The average molecular weight is 289 g/mol. The van der Waals surface area contributed by atoms with Crippen LogP contribution in [0, 0.1) is 0 Å². The lowest BCUT2D eigenvalue weighted by atomic mass is 10.4. The minimum atomic E-state index is -1.81. The van der Waals surface area contributed by atoms with Crippen LogP contribution in [0.1, 0.15) is 20.8 Å². The van der Waals surface area contributed by atoms with Crippen molar-refractivity contribution in [3.63, 3.8) is 0 Å². The molecule has 0 saturated carbocycles. The van der Waals surface area contributed by atoms with Gasteiger partial charge in [0.1, 0.15) is 8.07 Å². The normalized spacial score (nSPS) is 20.9. The molecule has 0 fully saturated rings. The summed E-state index contributed by atoms with van der Waals surface area (Å²) < 4.78 is 0. The minimum Gasteiger partial charge on any atom is -0.179 e. The maximum Gasteiger partial charge on any atom is 0.123 e. The zero-order valence-corrected chi connectivity index (χ0v) is 13.6. The van der Waals surface area contributed by atoms with Crippen molar-refractivity contribution in [2.24, 2.45) is 0 Å². The molecule has 0 saturated heterocycles. The highest BCUT2D eigenvalue weighted by atomic mass is 32.1. The molecule has 0 aromatic heterocycles. The predicted octanol–water partition coefficient (Wildman–Crippen LogP) is 2.91. The summed E-state index contributed by atoms with van der Waals surface area (Å²) in [6.07, 6.45) is 0. The Balaban J connectivity index is 3.34. The molecule has 0 N–H and O–H groups in total. The molecule has 0 heterocycles. The Kier molecular flexibility index (Phi) is 5.36. The predicted molar refractivity (Wildman–Crippen MR) is 87.2 cm³/mol. The summed E-state index contributed by atoms with van der Waals surface area (Å²) in [4.78, 5) is 1.03. The number of thiol groups is 3. The third-order valence-corrected chi connectivity index (χ3v) is 12.7. The Morgan fingerprint density at radius 3 is 1.50 bits per heavy atom. The van der Waals surface area contributed by atoms with E-state index in [9.17, 15) is 0 Å². The van der Waals surface area contributed by atoms with E-state index in [0.717, 1.165) is 0 Å².